The lowest BCUT2D eigenvalue weighted by Gasteiger charge is -2.44. The number of ether oxygens (including phenoxy) is 2. The highest BCUT2D eigenvalue weighted by Crippen LogP contribution is 2.52. The van der Waals surface area contributed by atoms with Gasteiger partial charge in [-0.1, -0.05) is 103 Å². The Morgan fingerprint density at radius 2 is 1.39 bits per heavy atom. The first-order chi connectivity index (χ1) is 17.8. The van der Waals surface area contributed by atoms with Crippen LogP contribution in [-0.2, 0) is 6.54 Å². The number of hydrogen-bond donors (Lipinski definition) is 0. The molecule has 0 spiro atoms. The zero-order valence-corrected chi connectivity index (χ0v) is 19.5. The van der Waals surface area contributed by atoms with Crippen molar-refractivity contribution in [3.63, 3.8) is 0 Å². The van der Waals surface area contributed by atoms with Crippen LogP contribution in [-0.4, -0.2) is 10.9 Å². The molecule has 5 aromatic rings. The standard InChI is InChI=1S/C32H23NO3/c34-32-25-18-10-17-24-28(25)27(35-32)19-26-29(22-13-6-2-7-14-22)33(20-21-11-4-1-5-12-21)31(36-30(24)26)23-15-8-3-9-16-23/h1-19,29,31H,20H2/t29-,31+/m0/s1. The van der Waals surface area contributed by atoms with Crippen molar-refractivity contribution in [2.45, 2.75) is 18.8 Å². The van der Waals surface area contributed by atoms with E-state index >= 15 is 0 Å². The minimum Gasteiger partial charge on any atom is -0.470 e. The zero-order valence-electron chi connectivity index (χ0n) is 19.5. The Morgan fingerprint density at radius 1 is 0.722 bits per heavy atom. The summed E-state index contributed by atoms with van der Waals surface area (Å²) in [4.78, 5) is 15.0. The Balaban J connectivity index is 1.50. The highest BCUT2D eigenvalue weighted by atomic mass is 16.5. The quantitative estimate of drug-likeness (QED) is 0.209. The minimum atomic E-state index is -0.320. The second kappa shape index (κ2) is 8.36. The van der Waals surface area contributed by atoms with Crippen molar-refractivity contribution in [2.24, 2.45) is 0 Å². The summed E-state index contributed by atoms with van der Waals surface area (Å²) in [6.45, 7) is 0.687. The highest BCUT2D eigenvalue weighted by Gasteiger charge is 2.40. The predicted molar refractivity (Wildman–Crippen MR) is 139 cm³/mol. The molecule has 0 N–H and O–H groups in total. The Hall–Kier alpha value is -4.41. The summed E-state index contributed by atoms with van der Waals surface area (Å²) in [6, 6.07) is 39.0. The van der Waals surface area contributed by atoms with Crippen LogP contribution in [0.3, 0.4) is 0 Å². The lowest BCUT2D eigenvalue weighted by Crippen LogP contribution is -2.40. The predicted octanol–water partition coefficient (Wildman–Crippen LogP) is 7.06. The van der Waals surface area contributed by atoms with Crippen LogP contribution >= 0.6 is 0 Å². The lowest BCUT2D eigenvalue weighted by molar-refractivity contribution is -0.0247. The molecule has 2 aliphatic rings. The van der Waals surface area contributed by atoms with Gasteiger partial charge in [0.15, 0.2) is 6.23 Å². The van der Waals surface area contributed by atoms with E-state index in [0.717, 1.165) is 33.2 Å². The largest absolute Gasteiger partial charge is 0.470 e. The number of carbonyl (C=O) groups is 1. The molecule has 36 heavy (non-hydrogen) atoms. The molecule has 0 radical (unpaired) electrons. The second-order valence-corrected chi connectivity index (χ2v) is 9.26. The van der Waals surface area contributed by atoms with Crippen LogP contribution in [0.4, 0.5) is 0 Å². The van der Waals surface area contributed by atoms with Crippen LogP contribution < -0.4 is 9.47 Å². The summed E-state index contributed by atoms with van der Waals surface area (Å²) in [5, 5.41) is 1.74. The molecule has 2 atom stereocenters. The second-order valence-electron chi connectivity index (χ2n) is 9.26. The monoisotopic (exact) mass is 469 g/mol. The van der Waals surface area contributed by atoms with E-state index in [4.69, 9.17) is 9.47 Å². The molecular formula is C32H23NO3. The molecule has 2 heterocycles. The third-order valence-electron chi connectivity index (χ3n) is 7.09. The molecule has 0 aliphatic carbocycles. The average molecular weight is 470 g/mol. The van der Waals surface area contributed by atoms with E-state index in [1.165, 1.54) is 5.56 Å². The van der Waals surface area contributed by atoms with Gasteiger partial charge in [-0.25, -0.2) is 9.69 Å². The maximum atomic E-state index is 12.6. The lowest BCUT2D eigenvalue weighted by atomic mass is 9.90. The fraction of sp³-hybridized carbons (Fsp3) is 0.0938. The number of nitrogens with zero attached hydrogens (tertiary/aromatic N) is 1. The van der Waals surface area contributed by atoms with Crippen molar-refractivity contribution in [3.8, 4) is 11.5 Å². The van der Waals surface area contributed by atoms with Gasteiger partial charge in [-0.3, -0.25) is 0 Å². The number of benzene rings is 5. The first kappa shape index (κ1) is 20.9. The molecule has 7 rings (SSSR count). The van der Waals surface area contributed by atoms with Gasteiger partial charge in [0.1, 0.15) is 11.5 Å². The van der Waals surface area contributed by atoms with E-state index in [2.05, 4.69) is 65.6 Å². The van der Waals surface area contributed by atoms with Crippen molar-refractivity contribution in [3.05, 3.63) is 143 Å². The zero-order chi connectivity index (χ0) is 24.1. The molecule has 0 saturated heterocycles. The minimum absolute atomic E-state index is 0.107. The summed E-state index contributed by atoms with van der Waals surface area (Å²) in [6.07, 6.45) is -0.320. The van der Waals surface area contributed by atoms with Crippen molar-refractivity contribution in [1.82, 2.24) is 4.90 Å². The van der Waals surface area contributed by atoms with E-state index < -0.39 is 0 Å². The van der Waals surface area contributed by atoms with Gasteiger partial charge in [0.05, 0.1) is 11.6 Å². The molecule has 0 fully saturated rings. The summed E-state index contributed by atoms with van der Waals surface area (Å²) in [5.74, 6) is 1.10. The first-order valence-corrected chi connectivity index (χ1v) is 12.2. The Morgan fingerprint density at radius 3 is 2.11 bits per heavy atom. The van der Waals surface area contributed by atoms with Gasteiger partial charge in [-0.2, -0.15) is 0 Å². The molecule has 0 saturated carbocycles. The van der Waals surface area contributed by atoms with E-state index in [1.807, 2.05) is 54.6 Å². The van der Waals surface area contributed by atoms with E-state index in [-0.39, 0.29) is 18.2 Å². The van der Waals surface area contributed by atoms with Gasteiger partial charge in [0, 0.05) is 28.4 Å². The van der Waals surface area contributed by atoms with Crippen LogP contribution in [0.15, 0.2) is 115 Å². The smallest absolute Gasteiger partial charge is 0.344 e. The average Bonchev–Trinajstić information content (AvgIpc) is 3.26. The Labute approximate surface area is 209 Å². The summed E-state index contributed by atoms with van der Waals surface area (Å²) in [5.41, 5.74) is 5.03. The third kappa shape index (κ3) is 3.30. The Bertz CT molecular complexity index is 1580. The highest BCUT2D eigenvalue weighted by molar-refractivity contribution is 6.14. The van der Waals surface area contributed by atoms with Gasteiger partial charge in [-0.05, 0) is 23.3 Å². The van der Waals surface area contributed by atoms with E-state index in [1.54, 1.807) is 0 Å². The van der Waals surface area contributed by atoms with Crippen LogP contribution in [0.25, 0.3) is 10.8 Å². The number of carbonyl (C=O) groups excluding carboxylic acids is 1. The topological polar surface area (TPSA) is 38.8 Å². The van der Waals surface area contributed by atoms with Crippen LogP contribution in [0.2, 0.25) is 0 Å². The normalized spacial score (nSPS) is 18.5. The maximum Gasteiger partial charge on any atom is 0.344 e. The summed E-state index contributed by atoms with van der Waals surface area (Å²) >= 11 is 0. The molecule has 5 aromatic carbocycles. The molecule has 2 aliphatic heterocycles. The summed E-state index contributed by atoms with van der Waals surface area (Å²) < 4.78 is 12.6. The number of rotatable bonds is 4. The van der Waals surface area contributed by atoms with Gasteiger partial charge >= 0.3 is 5.97 Å². The van der Waals surface area contributed by atoms with Crippen molar-refractivity contribution >= 4 is 16.7 Å². The number of hydrogen-bond acceptors (Lipinski definition) is 4. The number of fused-ring (bicyclic) bond motifs is 2. The maximum absolute atomic E-state index is 12.6. The number of esters is 1. The first-order valence-electron chi connectivity index (χ1n) is 12.2. The van der Waals surface area contributed by atoms with Gasteiger partial charge in [-0.15, -0.1) is 0 Å². The van der Waals surface area contributed by atoms with Crippen LogP contribution in [0, 0.1) is 0 Å². The molecule has 0 bridgehead atoms. The van der Waals surface area contributed by atoms with E-state index in [9.17, 15) is 4.79 Å². The van der Waals surface area contributed by atoms with Crippen molar-refractivity contribution < 1.29 is 14.3 Å². The third-order valence-corrected chi connectivity index (χ3v) is 7.09. The van der Waals surface area contributed by atoms with Gasteiger partial charge in [0.2, 0.25) is 0 Å². The molecule has 174 valence electrons. The Kier molecular flexibility index (Phi) is 4.86. The summed E-state index contributed by atoms with van der Waals surface area (Å²) in [7, 11) is 0. The van der Waals surface area contributed by atoms with Crippen LogP contribution in [0.5, 0.6) is 11.5 Å². The molecule has 4 nitrogen and oxygen atoms in total. The molecule has 0 unspecified atom stereocenters. The van der Waals surface area contributed by atoms with Gasteiger partial charge < -0.3 is 9.47 Å². The van der Waals surface area contributed by atoms with Gasteiger partial charge in [0.25, 0.3) is 0 Å². The van der Waals surface area contributed by atoms with Crippen molar-refractivity contribution in [1.29, 1.82) is 0 Å². The molecule has 0 aromatic heterocycles. The van der Waals surface area contributed by atoms with Crippen molar-refractivity contribution in [2.75, 3.05) is 0 Å². The fourth-order valence-electron chi connectivity index (χ4n) is 5.53. The molecule has 0 amide bonds. The fourth-order valence-corrected chi connectivity index (χ4v) is 5.53. The van der Waals surface area contributed by atoms with E-state index in [0.29, 0.717) is 17.9 Å². The SMILES string of the molecule is O=C1Oc2cc3c(c4cccc1c24)O[C@H](c1ccccc1)N(Cc1ccccc1)[C@H]3c1ccccc1. The molecular weight excluding hydrogens is 446 g/mol. The molecule has 4 heteroatoms. The van der Waals surface area contributed by atoms with Crippen LogP contribution in [0.1, 0.15) is 44.9 Å².